The lowest BCUT2D eigenvalue weighted by atomic mass is 9.73. The minimum absolute atomic E-state index is 0.0205. The number of sulfonamides is 1. The Morgan fingerprint density at radius 2 is 1.73 bits per heavy atom. The first-order chi connectivity index (χ1) is 17.8. The summed E-state index contributed by atoms with van der Waals surface area (Å²) >= 11 is 6.32. The summed E-state index contributed by atoms with van der Waals surface area (Å²) < 4.78 is 27.9. The van der Waals surface area contributed by atoms with E-state index in [2.05, 4.69) is 23.1 Å². The minimum atomic E-state index is -3.58. The van der Waals surface area contributed by atoms with Gasteiger partial charge >= 0.3 is 0 Å². The van der Waals surface area contributed by atoms with E-state index in [1.54, 1.807) is 31.3 Å². The van der Waals surface area contributed by atoms with Crippen LogP contribution < -0.4 is 0 Å². The van der Waals surface area contributed by atoms with Crippen LogP contribution in [0.15, 0.2) is 83.8 Å². The number of aliphatic hydroxyl groups excluding tert-OH is 1. The third kappa shape index (κ3) is 5.50. The summed E-state index contributed by atoms with van der Waals surface area (Å²) in [6.45, 7) is 3.22. The molecule has 2 aliphatic rings. The predicted molar refractivity (Wildman–Crippen MR) is 148 cm³/mol. The van der Waals surface area contributed by atoms with Gasteiger partial charge in [-0.15, -0.1) is 0 Å². The molecule has 0 aromatic heterocycles. The van der Waals surface area contributed by atoms with Crippen molar-refractivity contribution in [2.75, 3.05) is 33.2 Å². The smallest absolute Gasteiger partial charge is 0.242 e. The zero-order valence-corrected chi connectivity index (χ0v) is 22.8. The standard InChI is InChI=1S/C30H35ClN2O3S/c1-32(37(35,36)26-10-3-2-4-11-26)22-24(23-8-7-9-25(31)20-23)14-17-33-18-15-30(16-19-33)21-29(34)27-12-5-6-13-28(27)30/h2-13,20,24,29,34H,14-19,21-22H2,1H3/t24-,29?/m1/s1. The predicted octanol–water partition coefficient (Wildman–Crippen LogP) is 5.61. The summed E-state index contributed by atoms with van der Waals surface area (Å²) in [5.74, 6) is 0.0205. The highest BCUT2D eigenvalue weighted by atomic mass is 35.5. The Bertz CT molecular complexity index is 1320. The van der Waals surface area contributed by atoms with Crippen LogP contribution in [0.3, 0.4) is 0 Å². The highest BCUT2D eigenvalue weighted by molar-refractivity contribution is 7.89. The topological polar surface area (TPSA) is 60.9 Å². The second-order valence-corrected chi connectivity index (χ2v) is 13.0. The van der Waals surface area contributed by atoms with Crippen LogP contribution in [0.2, 0.25) is 5.02 Å². The van der Waals surface area contributed by atoms with E-state index in [0.717, 1.165) is 56.4 Å². The van der Waals surface area contributed by atoms with Crippen molar-refractivity contribution in [3.05, 3.63) is 101 Å². The fourth-order valence-corrected chi connectivity index (χ4v) is 7.62. The first kappa shape index (κ1) is 26.4. The van der Waals surface area contributed by atoms with Gasteiger partial charge in [0.05, 0.1) is 11.0 Å². The fourth-order valence-electron chi connectivity index (χ4n) is 6.18. The Morgan fingerprint density at radius 1 is 1.03 bits per heavy atom. The third-order valence-electron chi connectivity index (χ3n) is 8.33. The molecule has 1 unspecified atom stereocenters. The minimum Gasteiger partial charge on any atom is -0.388 e. The number of likely N-dealkylation sites (N-methyl/N-ethyl adjacent to an activating group) is 1. The third-order valence-corrected chi connectivity index (χ3v) is 10.4. The fraction of sp³-hybridized carbons (Fsp3) is 0.400. The van der Waals surface area contributed by atoms with Gasteiger partial charge in [-0.2, -0.15) is 0 Å². The van der Waals surface area contributed by atoms with E-state index < -0.39 is 10.0 Å². The van der Waals surface area contributed by atoms with Crippen LogP contribution in [0.1, 0.15) is 54.4 Å². The molecule has 1 spiro atoms. The summed E-state index contributed by atoms with van der Waals surface area (Å²) in [4.78, 5) is 2.80. The van der Waals surface area contributed by atoms with Gasteiger partial charge in [-0.25, -0.2) is 12.7 Å². The van der Waals surface area contributed by atoms with Crippen LogP contribution in [0, 0.1) is 0 Å². The zero-order chi connectivity index (χ0) is 26.0. The Balaban J connectivity index is 1.27. The molecule has 1 N–H and O–H groups in total. The monoisotopic (exact) mass is 538 g/mol. The van der Waals surface area contributed by atoms with Crippen LogP contribution in [-0.4, -0.2) is 56.0 Å². The van der Waals surface area contributed by atoms with Crippen LogP contribution in [-0.2, 0) is 15.4 Å². The molecule has 7 heteroatoms. The van der Waals surface area contributed by atoms with Gasteiger partial charge in [0, 0.05) is 24.0 Å². The molecule has 1 aliphatic carbocycles. The molecular formula is C30H35ClN2O3S. The van der Waals surface area contributed by atoms with Crippen molar-refractivity contribution < 1.29 is 13.5 Å². The van der Waals surface area contributed by atoms with Crippen molar-refractivity contribution >= 4 is 21.6 Å². The average Bonchev–Trinajstić information content (AvgIpc) is 3.19. The molecule has 5 rings (SSSR count). The van der Waals surface area contributed by atoms with Crippen molar-refractivity contribution in [3.8, 4) is 0 Å². The van der Waals surface area contributed by atoms with E-state index >= 15 is 0 Å². The van der Waals surface area contributed by atoms with E-state index in [4.69, 9.17) is 11.6 Å². The second-order valence-electron chi connectivity index (χ2n) is 10.6. The lowest BCUT2D eigenvalue weighted by molar-refractivity contribution is 0.107. The summed E-state index contributed by atoms with van der Waals surface area (Å²) in [7, 11) is -1.92. The van der Waals surface area contributed by atoms with E-state index in [1.807, 2.05) is 36.4 Å². The van der Waals surface area contributed by atoms with Crippen LogP contribution >= 0.6 is 11.6 Å². The van der Waals surface area contributed by atoms with E-state index in [1.165, 1.54) is 9.87 Å². The van der Waals surface area contributed by atoms with Crippen molar-refractivity contribution in [1.82, 2.24) is 9.21 Å². The van der Waals surface area contributed by atoms with Gasteiger partial charge in [-0.3, -0.25) is 0 Å². The number of fused-ring (bicyclic) bond motifs is 2. The maximum atomic E-state index is 13.2. The molecule has 0 radical (unpaired) electrons. The molecule has 2 atom stereocenters. The SMILES string of the molecule is CN(C[C@@H](CCN1CCC2(CC1)CC(O)c1ccccc12)c1cccc(Cl)c1)S(=O)(=O)c1ccccc1. The maximum Gasteiger partial charge on any atom is 0.242 e. The Hall–Kier alpha value is -2.22. The number of likely N-dealkylation sites (tertiary alicyclic amines) is 1. The quantitative estimate of drug-likeness (QED) is 0.405. The van der Waals surface area contributed by atoms with Gasteiger partial charge in [-0.05, 0) is 92.2 Å². The molecule has 3 aromatic carbocycles. The van der Waals surface area contributed by atoms with Gasteiger partial charge < -0.3 is 10.0 Å². The molecule has 1 aliphatic heterocycles. The lowest BCUT2D eigenvalue weighted by Gasteiger charge is -2.40. The summed E-state index contributed by atoms with van der Waals surface area (Å²) in [6, 6.07) is 24.7. The first-order valence-electron chi connectivity index (χ1n) is 13.1. The molecule has 37 heavy (non-hydrogen) atoms. The molecule has 196 valence electrons. The van der Waals surface area contributed by atoms with E-state index in [-0.39, 0.29) is 17.4 Å². The highest BCUT2D eigenvalue weighted by Crippen LogP contribution is 2.50. The molecule has 1 saturated heterocycles. The average molecular weight is 539 g/mol. The van der Waals surface area contributed by atoms with Crippen molar-refractivity contribution in [2.45, 2.75) is 48.0 Å². The van der Waals surface area contributed by atoms with Gasteiger partial charge in [0.2, 0.25) is 10.0 Å². The van der Waals surface area contributed by atoms with Gasteiger partial charge in [-0.1, -0.05) is 66.2 Å². The van der Waals surface area contributed by atoms with Gasteiger partial charge in [0.25, 0.3) is 0 Å². The molecule has 0 saturated carbocycles. The van der Waals surface area contributed by atoms with Crippen molar-refractivity contribution in [3.63, 3.8) is 0 Å². The second kappa shape index (κ2) is 10.9. The summed E-state index contributed by atoms with van der Waals surface area (Å²) in [5, 5.41) is 11.3. The molecule has 5 nitrogen and oxygen atoms in total. The molecule has 1 fully saturated rings. The highest BCUT2D eigenvalue weighted by Gasteiger charge is 2.44. The van der Waals surface area contributed by atoms with E-state index in [9.17, 15) is 13.5 Å². The number of halogens is 1. The largest absolute Gasteiger partial charge is 0.388 e. The first-order valence-corrected chi connectivity index (χ1v) is 14.9. The van der Waals surface area contributed by atoms with E-state index in [0.29, 0.717) is 16.5 Å². The zero-order valence-electron chi connectivity index (χ0n) is 21.3. The molecule has 0 bridgehead atoms. The van der Waals surface area contributed by atoms with Gasteiger partial charge in [0.15, 0.2) is 0 Å². The van der Waals surface area contributed by atoms with Crippen molar-refractivity contribution in [1.29, 1.82) is 0 Å². The number of hydrogen-bond acceptors (Lipinski definition) is 4. The molecule has 1 heterocycles. The molecule has 0 amide bonds. The number of hydrogen-bond donors (Lipinski definition) is 1. The normalized spacial score (nSPS) is 20.3. The number of benzene rings is 3. The van der Waals surface area contributed by atoms with Crippen LogP contribution in [0.4, 0.5) is 0 Å². The molecule has 3 aromatic rings. The van der Waals surface area contributed by atoms with Crippen molar-refractivity contribution in [2.24, 2.45) is 0 Å². The Labute approximate surface area is 225 Å². The number of rotatable bonds is 8. The number of piperidine rings is 1. The number of nitrogens with zero attached hydrogens (tertiary/aromatic N) is 2. The maximum absolute atomic E-state index is 13.2. The Kier molecular flexibility index (Phi) is 7.75. The van der Waals surface area contributed by atoms with Crippen LogP contribution in [0.25, 0.3) is 0 Å². The Morgan fingerprint density at radius 3 is 2.46 bits per heavy atom. The number of aliphatic hydroxyl groups is 1. The molecular weight excluding hydrogens is 504 g/mol. The lowest BCUT2D eigenvalue weighted by Crippen LogP contribution is -2.42. The van der Waals surface area contributed by atoms with Gasteiger partial charge in [0.1, 0.15) is 0 Å². The summed E-state index contributed by atoms with van der Waals surface area (Å²) in [6.07, 6.45) is 3.35. The summed E-state index contributed by atoms with van der Waals surface area (Å²) in [5.41, 5.74) is 3.55. The van der Waals surface area contributed by atoms with Crippen LogP contribution in [0.5, 0.6) is 0 Å².